The van der Waals surface area contributed by atoms with E-state index in [9.17, 15) is 4.79 Å². The molecule has 4 rings (SSSR count). The minimum absolute atomic E-state index is 0.131. The topological polar surface area (TPSA) is 44.6 Å². The van der Waals surface area contributed by atoms with E-state index in [1.165, 1.54) is 5.69 Å². The second-order valence-corrected chi connectivity index (χ2v) is 8.86. The van der Waals surface area contributed by atoms with Gasteiger partial charge in [0.15, 0.2) is 0 Å². The molecule has 6 heteroatoms. The highest BCUT2D eigenvalue weighted by Gasteiger charge is 2.27. The third-order valence-electron chi connectivity index (χ3n) is 6.36. The zero-order chi connectivity index (χ0) is 22.0. The van der Waals surface area contributed by atoms with Crippen molar-refractivity contribution in [3.05, 3.63) is 48.5 Å². The lowest BCUT2D eigenvalue weighted by molar-refractivity contribution is -0.134. The van der Waals surface area contributed by atoms with Gasteiger partial charge in [-0.25, -0.2) is 4.98 Å². The summed E-state index contributed by atoms with van der Waals surface area (Å²) in [4.78, 5) is 24.0. The highest BCUT2D eigenvalue weighted by atomic mass is 16.2. The standard InChI is InChI=1S/C25H33N5O/c1-27(2)16-17-28(3)25(31)19-12-14-30(15-13-19)21-9-7-8-20(18-21)24-26-22-10-5-6-11-23(22)29(24)4/h5-11,18-19H,12-17H2,1-4H3. The van der Waals surface area contributed by atoms with Gasteiger partial charge in [-0.1, -0.05) is 24.3 Å². The molecular formula is C25H33N5O. The van der Waals surface area contributed by atoms with Crippen molar-refractivity contribution in [3.8, 4) is 11.4 Å². The van der Waals surface area contributed by atoms with Gasteiger partial charge in [-0.2, -0.15) is 0 Å². The Labute approximate surface area is 185 Å². The number of para-hydroxylation sites is 2. The van der Waals surface area contributed by atoms with Crippen LogP contribution in [-0.2, 0) is 11.8 Å². The Bertz CT molecular complexity index is 1050. The Hall–Kier alpha value is -2.86. The summed E-state index contributed by atoms with van der Waals surface area (Å²) >= 11 is 0. The monoisotopic (exact) mass is 419 g/mol. The summed E-state index contributed by atoms with van der Waals surface area (Å²) in [6.07, 6.45) is 1.81. The van der Waals surface area contributed by atoms with E-state index in [2.05, 4.69) is 57.8 Å². The minimum atomic E-state index is 0.131. The number of rotatable bonds is 6. The Kier molecular flexibility index (Phi) is 6.28. The molecule has 2 heterocycles. The zero-order valence-corrected chi connectivity index (χ0v) is 19.1. The van der Waals surface area contributed by atoms with Gasteiger partial charge in [-0.15, -0.1) is 0 Å². The number of carbonyl (C=O) groups excluding carboxylic acids is 1. The molecule has 1 aliphatic rings. The molecule has 1 amide bonds. The highest BCUT2D eigenvalue weighted by Crippen LogP contribution is 2.29. The molecule has 0 saturated carbocycles. The summed E-state index contributed by atoms with van der Waals surface area (Å²) in [6.45, 7) is 3.50. The van der Waals surface area contributed by atoms with E-state index >= 15 is 0 Å². The lowest BCUT2D eigenvalue weighted by Crippen LogP contribution is -2.42. The number of imidazole rings is 1. The summed E-state index contributed by atoms with van der Waals surface area (Å²) < 4.78 is 2.16. The Morgan fingerprint density at radius 1 is 1.03 bits per heavy atom. The summed E-state index contributed by atoms with van der Waals surface area (Å²) in [5.41, 5.74) is 4.48. The molecule has 0 bridgehead atoms. The lowest BCUT2D eigenvalue weighted by Gasteiger charge is -2.35. The molecule has 0 radical (unpaired) electrons. The van der Waals surface area contributed by atoms with Crippen molar-refractivity contribution in [3.63, 3.8) is 0 Å². The molecule has 3 aromatic rings. The van der Waals surface area contributed by atoms with E-state index in [4.69, 9.17) is 4.98 Å². The number of anilines is 1. The molecule has 164 valence electrons. The van der Waals surface area contributed by atoms with Crippen LogP contribution in [0.5, 0.6) is 0 Å². The maximum Gasteiger partial charge on any atom is 0.225 e. The van der Waals surface area contributed by atoms with Crippen molar-refractivity contribution in [2.45, 2.75) is 12.8 Å². The van der Waals surface area contributed by atoms with Crippen molar-refractivity contribution >= 4 is 22.6 Å². The fourth-order valence-electron chi connectivity index (χ4n) is 4.40. The molecular weight excluding hydrogens is 386 g/mol. The number of carbonyl (C=O) groups is 1. The van der Waals surface area contributed by atoms with E-state index < -0.39 is 0 Å². The second kappa shape index (κ2) is 9.10. The highest BCUT2D eigenvalue weighted by molar-refractivity contribution is 5.81. The first-order valence-corrected chi connectivity index (χ1v) is 11.1. The molecule has 0 N–H and O–H groups in total. The molecule has 1 saturated heterocycles. The van der Waals surface area contributed by atoms with E-state index in [1.54, 1.807) is 0 Å². The molecule has 0 aliphatic carbocycles. The van der Waals surface area contributed by atoms with Crippen LogP contribution in [0.4, 0.5) is 5.69 Å². The van der Waals surface area contributed by atoms with Crippen LogP contribution in [-0.4, -0.2) is 72.6 Å². The van der Waals surface area contributed by atoms with Crippen LogP contribution in [0.2, 0.25) is 0 Å². The number of fused-ring (bicyclic) bond motifs is 1. The van der Waals surface area contributed by atoms with Crippen LogP contribution in [0.15, 0.2) is 48.5 Å². The van der Waals surface area contributed by atoms with Crippen LogP contribution in [0.3, 0.4) is 0 Å². The van der Waals surface area contributed by atoms with Crippen molar-refractivity contribution in [1.29, 1.82) is 0 Å². The van der Waals surface area contributed by atoms with Gasteiger partial charge in [0.05, 0.1) is 11.0 Å². The first-order chi connectivity index (χ1) is 14.9. The number of amides is 1. The van der Waals surface area contributed by atoms with Gasteiger partial charge in [0, 0.05) is 57.4 Å². The molecule has 0 spiro atoms. The van der Waals surface area contributed by atoms with Gasteiger partial charge in [0.25, 0.3) is 0 Å². The maximum absolute atomic E-state index is 12.8. The van der Waals surface area contributed by atoms with E-state index in [1.807, 2.05) is 38.2 Å². The van der Waals surface area contributed by atoms with E-state index in [-0.39, 0.29) is 11.8 Å². The number of hydrogen-bond acceptors (Lipinski definition) is 4. The fraction of sp³-hybridized carbons (Fsp3) is 0.440. The summed E-state index contributed by atoms with van der Waals surface area (Å²) in [7, 11) is 8.08. The summed E-state index contributed by atoms with van der Waals surface area (Å²) in [6, 6.07) is 16.9. The largest absolute Gasteiger partial charge is 0.371 e. The quantitative estimate of drug-likeness (QED) is 0.614. The van der Waals surface area contributed by atoms with Gasteiger partial charge in [0.2, 0.25) is 5.91 Å². The zero-order valence-electron chi connectivity index (χ0n) is 19.1. The van der Waals surface area contributed by atoms with Crippen LogP contribution >= 0.6 is 0 Å². The number of hydrogen-bond donors (Lipinski definition) is 0. The number of benzene rings is 2. The van der Waals surface area contributed by atoms with Gasteiger partial charge in [0.1, 0.15) is 5.82 Å². The van der Waals surface area contributed by atoms with Crippen molar-refractivity contribution < 1.29 is 4.79 Å². The number of aryl methyl sites for hydroxylation is 1. The van der Waals surface area contributed by atoms with Crippen molar-refractivity contribution in [2.75, 3.05) is 52.2 Å². The molecule has 31 heavy (non-hydrogen) atoms. The summed E-state index contributed by atoms with van der Waals surface area (Å²) in [5, 5.41) is 0. The number of aromatic nitrogens is 2. The van der Waals surface area contributed by atoms with Crippen LogP contribution in [0.25, 0.3) is 22.4 Å². The molecule has 0 atom stereocenters. The first kappa shape index (κ1) is 21.4. The normalized spacial score (nSPS) is 15.1. The van der Waals surface area contributed by atoms with Gasteiger partial charge >= 0.3 is 0 Å². The molecule has 1 aliphatic heterocycles. The smallest absolute Gasteiger partial charge is 0.225 e. The average molecular weight is 420 g/mol. The van der Waals surface area contributed by atoms with Crippen LogP contribution < -0.4 is 4.90 Å². The van der Waals surface area contributed by atoms with Gasteiger partial charge in [-0.3, -0.25) is 4.79 Å². The van der Waals surface area contributed by atoms with Gasteiger partial charge in [-0.05, 0) is 51.2 Å². The maximum atomic E-state index is 12.8. The van der Waals surface area contributed by atoms with E-state index in [0.717, 1.165) is 61.4 Å². The Balaban J connectivity index is 1.44. The predicted molar refractivity (Wildman–Crippen MR) is 127 cm³/mol. The van der Waals surface area contributed by atoms with Crippen molar-refractivity contribution in [2.24, 2.45) is 13.0 Å². The third-order valence-corrected chi connectivity index (χ3v) is 6.36. The van der Waals surface area contributed by atoms with Crippen molar-refractivity contribution in [1.82, 2.24) is 19.4 Å². The number of piperidine rings is 1. The second-order valence-electron chi connectivity index (χ2n) is 8.86. The van der Waals surface area contributed by atoms with Crippen LogP contribution in [0.1, 0.15) is 12.8 Å². The molecule has 0 unspecified atom stereocenters. The Morgan fingerprint density at radius 2 is 1.77 bits per heavy atom. The molecule has 2 aromatic carbocycles. The average Bonchev–Trinajstić information content (AvgIpc) is 3.14. The third kappa shape index (κ3) is 4.59. The predicted octanol–water partition coefficient (Wildman–Crippen LogP) is 3.48. The van der Waals surface area contributed by atoms with Crippen LogP contribution in [0, 0.1) is 5.92 Å². The number of likely N-dealkylation sites (N-methyl/N-ethyl adjacent to an activating group) is 2. The molecule has 6 nitrogen and oxygen atoms in total. The summed E-state index contributed by atoms with van der Waals surface area (Å²) in [5.74, 6) is 1.40. The van der Waals surface area contributed by atoms with Gasteiger partial charge < -0.3 is 19.3 Å². The minimum Gasteiger partial charge on any atom is -0.371 e. The SMILES string of the molecule is CN(C)CCN(C)C(=O)C1CCN(c2cccc(-c3nc4ccccc4n3C)c2)CC1. The van der Waals surface area contributed by atoms with E-state index in [0.29, 0.717) is 0 Å². The molecule has 1 aromatic heterocycles. The molecule has 1 fully saturated rings. The number of nitrogens with zero attached hydrogens (tertiary/aromatic N) is 5. The fourth-order valence-corrected chi connectivity index (χ4v) is 4.40. The lowest BCUT2D eigenvalue weighted by atomic mass is 9.95. The Morgan fingerprint density at radius 3 is 2.48 bits per heavy atom. The first-order valence-electron chi connectivity index (χ1n) is 11.1.